The molecular formula is C11H20N4O2. The van der Waals surface area contributed by atoms with Gasteiger partial charge in [0.25, 0.3) is 0 Å². The fraction of sp³-hybridized carbons (Fsp3) is 0.818. The molecule has 0 aromatic rings. The highest BCUT2D eigenvalue weighted by Crippen LogP contribution is 2.19. The van der Waals surface area contributed by atoms with Crippen LogP contribution in [0.15, 0.2) is 0 Å². The van der Waals surface area contributed by atoms with Gasteiger partial charge < -0.3 is 10.6 Å². The van der Waals surface area contributed by atoms with Crippen LogP contribution in [0.25, 0.3) is 0 Å². The third-order valence-electron chi connectivity index (χ3n) is 3.45. The molecule has 2 aliphatic rings. The molecule has 17 heavy (non-hydrogen) atoms. The molecule has 0 radical (unpaired) electrons. The van der Waals surface area contributed by atoms with Gasteiger partial charge >= 0.3 is 6.03 Å². The summed E-state index contributed by atoms with van der Waals surface area (Å²) in [5.41, 5.74) is 0. The quantitative estimate of drug-likeness (QED) is 0.595. The number of nitrogens with one attached hydrogen (secondary N) is 3. The summed E-state index contributed by atoms with van der Waals surface area (Å²) in [7, 11) is 1.50. The lowest BCUT2D eigenvalue weighted by Crippen LogP contribution is -2.45. The minimum atomic E-state index is -0.440. The second-order valence-electron chi connectivity index (χ2n) is 4.79. The zero-order valence-corrected chi connectivity index (χ0v) is 10.2. The third kappa shape index (κ3) is 3.41. The molecule has 2 rings (SSSR count). The van der Waals surface area contributed by atoms with E-state index in [1.54, 1.807) is 0 Å². The molecule has 0 spiro atoms. The summed E-state index contributed by atoms with van der Waals surface area (Å²) in [5, 5.41) is 8.22. The summed E-state index contributed by atoms with van der Waals surface area (Å²) in [6.07, 6.45) is 3.53. The van der Waals surface area contributed by atoms with Crippen molar-refractivity contribution in [3.63, 3.8) is 0 Å². The van der Waals surface area contributed by atoms with Gasteiger partial charge in [0.1, 0.15) is 0 Å². The number of fused-ring (bicyclic) bond motifs is 2. The van der Waals surface area contributed by atoms with Gasteiger partial charge in [-0.15, -0.1) is 0 Å². The average Bonchev–Trinajstić information content (AvgIpc) is 2.62. The Bertz CT molecular complexity index is 308. The Morgan fingerprint density at radius 2 is 2.06 bits per heavy atom. The molecule has 0 aromatic carbocycles. The second kappa shape index (κ2) is 5.46. The van der Waals surface area contributed by atoms with Gasteiger partial charge in [-0.25, -0.2) is 4.79 Å². The Hall–Kier alpha value is -1.14. The normalized spacial score (nSPS) is 28.5. The summed E-state index contributed by atoms with van der Waals surface area (Å²) in [4.78, 5) is 24.7. The SMILES string of the molecule is CNC(=O)NC(=O)CN1CCC2CCC(C1)N2. The van der Waals surface area contributed by atoms with Crippen molar-refractivity contribution in [3.8, 4) is 0 Å². The zero-order valence-electron chi connectivity index (χ0n) is 10.2. The molecule has 2 atom stereocenters. The molecule has 0 aromatic heterocycles. The standard InChI is InChI=1S/C11H20N4O2/c1-12-11(17)14-10(16)7-15-5-4-8-2-3-9(6-15)13-8/h8-9,13H,2-7H2,1H3,(H2,12,14,16,17). The molecule has 2 bridgehead atoms. The first kappa shape index (κ1) is 12.3. The van der Waals surface area contributed by atoms with Crippen LogP contribution in [0.2, 0.25) is 0 Å². The molecule has 2 unspecified atom stereocenters. The molecule has 2 heterocycles. The Balaban J connectivity index is 1.78. The maximum Gasteiger partial charge on any atom is 0.321 e. The van der Waals surface area contributed by atoms with Crippen molar-refractivity contribution in [2.75, 3.05) is 26.7 Å². The van der Waals surface area contributed by atoms with Crippen LogP contribution in [-0.2, 0) is 4.79 Å². The maximum absolute atomic E-state index is 11.6. The van der Waals surface area contributed by atoms with Gasteiger partial charge in [-0.2, -0.15) is 0 Å². The third-order valence-corrected chi connectivity index (χ3v) is 3.45. The first-order valence-electron chi connectivity index (χ1n) is 6.17. The highest BCUT2D eigenvalue weighted by Gasteiger charge is 2.29. The fourth-order valence-electron chi connectivity index (χ4n) is 2.59. The minimum absolute atomic E-state index is 0.234. The average molecular weight is 240 g/mol. The summed E-state index contributed by atoms with van der Waals surface area (Å²) < 4.78 is 0. The van der Waals surface area contributed by atoms with E-state index < -0.39 is 6.03 Å². The molecule has 0 aliphatic carbocycles. The highest BCUT2D eigenvalue weighted by molar-refractivity contribution is 5.95. The molecule has 3 amide bonds. The monoisotopic (exact) mass is 240 g/mol. The molecule has 96 valence electrons. The molecule has 2 aliphatic heterocycles. The van der Waals surface area contributed by atoms with Crippen LogP contribution in [0, 0.1) is 0 Å². The van der Waals surface area contributed by atoms with Crippen LogP contribution >= 0.6 is 0 Å². The van der Waals surface area contributed by atoms with E-state index in [1.807, 2.05) is 0 Å². The summed E-state index contributed by atoms with van der Waals surface area (Å²) >= 11 is 0. The van der Waals surface area contributed by atoms with E-state index in [2.05, 4.69) is 20.9 Å². The molecular weight excluding hydrogens is 220 g/mol. The van der Waals surface area contributed by atoms with E-state index in [9.17, 15) is 9.59 Å². The lowest BCUT2D eigenvalue weighted by molar-refractivity contribution is -0.121. The van der Waals surface area contributed by atoms with Crippen molar-refractivity contribution in [1.29, 1.82) is 0 Å². The Morgan fingerprint density at radius 3 is 2.82 bits per heavy atom. The molecule has 6 heteroatoms. The Kier molecular flexibility index (Phi) is 3.96. The van der Waals surface area contributed by atoms with E-state index in [0.29, 0.717) is 18.6 Å². The van der Waals surface area contributed by atoms with Crippen molar-refractivity contribution < 1.29 is 9.59 Å². The predicted molar refractivity (Wildman–Crippen MR) is 63.6 cm³/mol. The van der Waals surface area contributed by atoms with Crippen molar-refractivity contribution in [2.24, 2.45) is 0 Å². The highest BCUT2D eigenvalue weighted by atomic mass is 16.2. The summed E-state index contributed by atoms with van der Waals surface area (Å²) in [6.45, 7) is 2.13. The second-order valence-corrected chi connectivity index (χ2v) is 4.79. The predicted octanol–water partition coefficient (Wildman–Crippen LogP) is -0.732. The smallest absolute Gasteiger partial charge is 0.321 e. The van der Waals surface area contributed by atoms with Crippen molar-refractivity contribution in [3.05, 3.63) is 0 Å². The number of hydrogen-bond donors (Lipinski definition) is 3. The van der Waals surface area contributed by atoms with E-state index in [4.69, 9.17) is 0 Å². The number of amides is 3. The van der Waals surface area contributed by atoms with Crippen molar-refractivity contribution >= 4 is 11.9 Å². The van der Waals surface area contributed by atoms with E-state index >= 15 is 0 Å². The van der Waals surface area contributed by atoms with E-state index in [0.717, 1.165) is 19.5 Å². The number of carbonyl (C=O) groups excluding carboxylic acids is 2. The van der Waals surface area contributed by atoms with Gasteiger partial charge in [-0.3, -0.25) is 15.0 Å². The first-order valence-corrected chi connectivity index (χ1v) is 6.17. The van der Waals surface area contributed by atoms with Gasteiger partial charge in [0, 0.05) is 32.2 Å². The number of rotatable bonds is 2. The maximum atomic E-state index is 11.6. The lowest BCUT2D eigenvalue weighted by Gasteiger charge is -2.22. The van der Waals surface area contributed by atoms with Gasteiger partial charge in [-0.1, -0.05) is 0 Å². The van der Waals surface area contributed by atoms with Crippen LogP contribution < -0.4 is 16.0 Å². The van der Waals surface area contributed by atoms with Gasteiger partial charge in [0.15, 0.2) is 0 Å². The summed E-state index contributed by atoms with van der Waals surface area (Å²) in [5.74, 6) is -0.234. The zero-order chi connectivity index (χ0) is 12.3. The molecule has 2 saturated heterocycles. The van der Waals surface area contributed by atoms with Crippen LogP contribution in [0.1, 0.15) is 19.3 Å². The Morgan fingerprint density at radius 1 is 1.29 bits per heavy atom. The van der Waals surface area contributed by atoms with Crippen LogP contribution in [-0.4, -0.2) is 55.6 Å². The van der Waals surface area contributed by atoms with E-state index in [-0.39, 0.29) is 5.91 Å². The Labute approximate surface area is 101 Å². The lowest BCUT2D eigenvalue weighted by atomic mass is 10.1. The van der Waals surface area contributed by atoms with Gasteiger partial charge in [0.05, 0.1) is 6.54 Å². The number of imide groups is 1. The van der Waals surface area contributed by atoms with Crippen LogP contribution in [0.3, 0.4) is 0 Å². The minimum Gasteiger partial charge on any atom is -0.341 e. The molecule has 2 fully saturated rings. The van der Waals surface area contributed by atoms with E-state index in [1.165, 1.54) is 19.9 Å². The van der Waals surface area contributed by atoms with Gasteiger partial charge in [-0.05, 0) is 19.3 Å². The fourth-order valence-corrected chi connectivity index (χ4v) is 2.59. The number of likely N-dealkylation sites (tertiary alicyclic amines) is 1. The number of hydrogen-bond acceptors (Lipinski definition) is 4. The van der Waals surface area contributed by atoms with Crippen molar-refractivity contribution in [2.45, 2.75) is 31.3 Å². The first-order chi connectivity index (χ1) is 8.17. The van der Waals surface area contributed by atoms with Gasteiger partial charge in [0.2, 0.25) is 5.91 Å². The molecule has 0 saturated carbocycles. The largest absolute Gasteiger partial charge is 0.341 e. The van der Waals surface area contributed by atoms with Crippen LogP contribution in [0.5, 0.6) is 0 Å². The van der Waals surface area contributed by atoms with Crippen molar-refractivity contribution in [1.82, 2.24) is 20.9 Å². The molecule has 3 N–H and O–H groups in total. The number of urea groups is 1. The molecule has 6 nitrogen and oxygen atoms in total. The number of nitrogens with zero attached hydrogens (tertiary/aromatic N) is 1. The number of carbonyl (C=O) groups is 2. The summed E-state index contributed by atoms with van der Waals surface area (Å²) in [6, 6.07) is 0.687. The van der Waals surface area contributed by atoms with Crippen LogP contribution in [0.4, 0.5) is 4.79 Å². The topological polar surface area (TPSA) is 73.5 Å².